The van der Waals surface area contributed by atoms with Crippen LogP contribution in [0.25, 0.3) is 0 Å². The fraction of sp³-hybridized carbons (Fsp3) is 0.333. The molecule has 0 amide bonds. The van der Waals surface area contributed by atoms with E-state index in [-0.39, 0.29) is 5.56 Å². The number of benzene rings is 1. The molecule has 8 heteroatoms. The summed E-state index contributed by atoms with van der Waals surface area (Å²) in [6.07, 6.45) is -0.869. The minimum absolute atomic E-state index is 0.199. The first-order chi connectivity index (χ1) is 7.81. The summed E-state index contributed by atoms with van der Waals surface area (Å²) >= 11 is -2.71. The summed E-state index contributed by atoms with van der Waals surface area (Å²) in [4.78, 5) is 0. The number of alkyl halides is 2. The van der Waals surface area contributed by atoms with Crippen molar-refractivity contribution in [1.82, 2.24) is 4.72 Å². The van der Waals surface area contributed by atoms with Gasteiger partial charge in [-0.1, -0.05) is 0 Å². The van der Waals surface area contributed by atoms with Crippen molar-refractivity contribution in [2.75, 3.05) is 0 Å². The highest BCUT2D eigenvalue weighted by atomic mass is 32.2. The fourth-order valence-electron chi connectivity index (χ4n) is 1.92. The number of hydrogen-bond acceptors (Lipinski definition) is 1. The SMILES string of the molecule is O=S(O)N[C@H]1c2c(F)cc(F)cc2CC1(F)F. The maximum atomic E-state index is 13.5. The Bertz CT molecular complexity index is 494. The Hall–Kier alpha value is -0.990. The van der Waals surface area contributed by atoms with Crippen LogP contribution in [0.3, 0.4) is 0 Å². The van der Waals surface area contributed by atoms with Gasteiger partial charge in [-0.25, -0.2) is 26.5 Å². The Balaban J connectivity index is 2.51. The standard InChI is InChI=1S/C9H7F4NO2S/c10-5-1-4-3-9(12,13)8(14-17(15)16)7(4)6(11)2-5/h1-2,8,14H,3H2,(H,15,16)/t8-/m0/s1. The molecule has 0 aromatic heterocycles. The summed E-state index contributed by atoms with van der Waals surface area (Å²) in [5.74, 6) is -5.54. The van der Waals surface area contributed by atoms with Crippen molar-refractivity contribution < 1.29 is 26.3 Å². The number of rotatable bonds is 2. The van der Waals surface area contributed by atoms with Gasteiger partial charge < -0.3 is 0 Å². The van der Waals surface area contributed by atoms with E-state index < -0.39 is 46.8 Å². The van der Waals surface area contributed by atoms with E-state index in [9.17, 15) is 21.8 Å². The summed E-state index contributed by atoms with van der Waals surface area (Å²) in [5, 5.41) is 0. The molecule has 0 saturated heterocycles. The first kappa shape index (κ1) is 12.5. The van der Waals surface area contributed by atoms with E-state index in [4.69, 9.17) is 4.55 Å². The van der Waals surface area contributed by atoms with Gasteiger partial charge in [0.25, 0.3) is 5.92 Å². The predicted molar refractivity (Wildman–Crippen MR) is 51.7 cm³/mol. The Labute approximate surface area is 96.2 Å². The van der Waals surface area contributed by atoms with E-state index in [0.29, 0.717) is 6.07 Å². The molecule has 2 atom stereocenters. The lowest BCUT2D eigenvalue weighted by atomic mass is 10.1. The number of fused-ring (bicyclic) bond motifs is 1. The van der Waals surface area contributed by atoms with Crippen LogP contribution in [0.2, 0.25) is 0 Å². The molecule has 0 aliphatic heterocycles. The van der Waals surface area contributed by atoms with Crippen LogP contribution in [0.5, 0.6) is 0 Å². The molecule has 1 aliphatic carbocycles. The van der Waals surface area contributed by atoms with Gasteiger partial charge in [-0.3, -0.25) is 4.55 Å². The van der Waals surface area contributed by atoms with E-state index in [1.165, 1.54) is 0 Å². The van der Waals surface area contributed by atoms with Crippen LogP contribution in [-0.4, -0.2) is 14.7 Å². The Morgan fingerprint density at radius 1 is 1.41 bits per heavy atom. The third kappa shape index (κ3) is 2.20. The third-order valence-corrected chi connectivity index (χ3v) is 2.97. The van der Waals surface area contributed by atoms with Gasteiger partial charge in [0.05, 0.1) is 0 Å². The Morgan fingerprint density at radius 2 is 2.06 bits per heavy atom. The highest BCUT2D eigenvalue weighted by molar-refractivity contribution is 7.77. The van der Waals surface area contributed by atoms with Crippen molar-refractivity contribution in [3.63, 3.8) is 0 Å². The van der Waals surface area contributed by atoms with Crippen LogP contribution in [0.4, 0.5) is 17.6 Å². The zero-order chi connectivity index (χ0) is 12.8. The van der Waals surface area contributed by atoms with Crippen LogP contribution < -0.4 is 4.72 Å². The van der Waals surface area contributed by atoms with E-state index >= 15 is 0 Å². The second-order valence-corrected chi connectivity index (χ2v) is 4.43. The van der Waals surface area contributed by atoms with Gasteiger partial charge >= 0.3 is 0 Å². The van der Waals surface area contributed by atoms with Gasteiger partial charge in [0.15, 0.2) is 0 Å². The lowest BCUT2D eigenvalue weighted by Crippen LogP contribution is -2.35. The summed E-state index contributed by atoms with van der Waals surface area (Å²) in [6, 6.07) is -0.660. The highest BCUT2D eigenvalue weighted by Gasteiger charge is 2.50. The van der Waals surface area contributed by atoms with E-state index in [1.54, 1.807) is 4.72 Å². The highest BCUT2D eigenvalue weighted by Crippen LogP contribution is 2.44. The van der Waals surface area contributed by atoms with Crippen LogP contribution in [-0.2, 0) is 17.7 Å². The molecular weight excluding hydrogens is 262 g/mol. The largest absolute Gasteiger partial charge is 0.294 e. The van der Waals surface area contributed by atoms with E-state index in [2.05, 4.69) is 0 Å². The van der Waals surface area contributed by atoms with Gasteiger partial charge in [-0.15, -0.1) is 0 Å². The summed E-state index contributed by atoms with van der Waals surface area (Å²) in [5.41, 5.74) is -0.658. The molecule has 0 heterocycles. The molecule has 1 aromatic rings. The minimum atomic E-state index is -3.44. The molecule has 0 bridgehead atoms. The molecule has 94 valence electrons. The van der Waals surface area contributed by atoms with E-state index in [1.807, 2.05) is 0 Å². The second kappa shape index (κ2) is 4.04. The number of hydrogen-bond donors (Lipinski definition) is 2. The quantitative estimate of drug-likeness (QED) is 0.636. The Morgan fingerprint density at radius 3 is 2.65 bits per heavy atom. The van der Waals surface area contributed by atoms with Crippen molar-refractivity contribution in [1.29, 1.82) is 0 Å². The van der Waals surface area contributed by atoms with Gasteiger partial charge in [0, 0.05) is 18.1 Å². The summed E-state index contributed by atoms with van der Waals surface area (Å²) in [6.45, 7) is 0. The summed E-state index contributed by atoms with van der Waals surface area (Å²) in [7, 11) is 0. The minimum Gasteiger partial charge on any atom is -0.294 e. The molecule has 0 spiro atoms. The monoisotopic (exact) mass is 269 g/mol. The lowest BCUT2D eigenvalue weighted by molar-refractivity contribution is -0.0194. The normalized spacial score (nSPS) is 23.5. The van der Waals surface area contributed by atoms with Gasteiger partial charge in [-0.05, 0) is 11.6 Å². The lowest BCUT2D eigenvalue weighted by Gasteiger charge is -2.19. The van der Waals surface area contributed by atoms with Crippen molar-refractivity contribution in [3.05, 3.63) is 34.9 Å². The average molecular weight is 269 g/mol. The topological polar surface area (TPSA) is 49.3 Å². The fourth-order valence-corrected chi connectivity index (χ4v) is 2.41. The average Bonchev–Trinajstić information content (AvgIpc) is 2.36. The molecule has 0 fully saturated rings. The molecular formula is C9H7F4NO2S. The zero-order valence-electron chi connectivity index (χ0n) is 8.21. The number of nitrogens with one attached hydrogen (secondary N) is 1. The van der Waals surface area contributed by atoms with Crippen LogP contribution in [0.15, 0.2) is 12.1 Å². The summed E-state index contributed by atoms with van der Waals surface area (Å²) < 4.78 is 73.9. The van der Waals surface area contributed by atoms with Crippen LogP contribution >= 0.6 is 0 Å². The van der Waals surface area contributed by atoms with Crippen molar-refractivity contribution >= 4 is 11.3 Å². The maximum absolute atomic E-state index is 13.5. The van der Waals surface area contributed by atoms with Gasteiger partial charge in [0.2, 0.25) is 11.3 Å². The zero-order valence-corrected chi connectivity index (χ0v) is 9.03. The van der Waals surface area contributed by atoms with Crippen molar-refractivity contribution in [2.45, 2.75) is 18.4 Å². The molecule has 0 radical (unpaired) electrons. The van der Waals surface area contributed by atoms with E-state index in [0.717, 1.165) is 6.07 Å². The third-order valence-electron chi connectivity index (χ3n) is 2.54. The molecule has 3 nitrogen and oxygen atoms in total. The van der Waals surface area contributed by atoms with Crippen molar-refractivity contribution in [3.8, 4) is 0 Å². The smallest absolute Gasteiger partial charge is 0.272 e. The number of halogens is 4. The van der Waals surface area contributed by atoms with Gasteiger partial charge in [0.1, 0.15) is 17.7 Å². The Kier molecular flexibility index (Phi) is 2.96. The molecule has 17 heavy (non-hydrogen) atoms. The molecule has 1 aliphatic rings. The molecule has 1 aromatic carbocycles. The second-order valence-electron chi connectivity index (χ2n) is 3.70. The molecule has 0 saturated carbocycles. The molecule has 1 unspecified atom stereocenters. The predicted octanol–water partition coefficient (Wildman–Crippen LogP) is 1.92. The molecule has 2 rings (SSSR count). The van der Waals surface area contributed by atoms with Crippen LogP contribution in [0.1, 0.15) is 17.2 Å². The van der Waals surface area contributed by atoms with Gasteiger partial charge in [-0.2, -0.15) is 0 Å². The van der Waals surface area contributed by atoms with Crippen LogP contribution in [0, 0.1) is 11.6 Å². The molecule has 2 N–H and O–H groups in total. The first-order valence-electron chi connectivity index (χ1n) is 4.54. The van der Waals surface area contributed by atoms with Crippen molar-refractivity contribution in [2.24, 2.45) is 0 Å². The maximum Gasteiger partial charge on any atom is 0.272 e. The first-order valence-corrected chi connectivity index (χ1v) is 5.64.